The minimum Gasteiger partial charge on any atom is -0.345 e. The van der Waals surface area contributed by atoms with Gasteiger partial charge in [0.1, 0.15) is 30.2 Å². The molecule has 6 heterocycles. The van der Waals surface area contributed by atoms with Gasteiger partial charge < -0.3 is 51.1 Å². The second kappa shape index (κ2) is 17.4. The fourth-order valence-electron chi connectivity index (χ4n) is 8.60. The number of carbonyl (C=O) groups is 10. The van der Waals surface area contributed by atoms with Crippen molar-refractivity contribution >= 4 is 59.1 Å². The van der Waals surface area contributed by atoms with Gasteiger partial charge in [-0.15, -0.1) is 0 Å². The third-order valence-corrected chi connectivity index (χ3v) is 11.4. The zero-order valence-electron chi connectivity index (χ0n) is 30.8. The Morgan fingerprint density at radius 2 is 0.455 bits per heavy atom. The molecule has 20 heteroatoms. The van der Waals surface area contributed by atoms with E-state index in [4.69, 9.17) is 0 Å². The SMILES string of the molecule is O=C1NCC(=O)N2CCC[C@H]2C(=O)NCC(=O)N2CCC[C@H]2C(=O)NCC(=O)N2CCC[C@H]2C(=O)NCC(=O)N2CCC[C@H]2C(=O)NCC(=O)N2CCC[C@@H]12. The third-order valence-electron chi connectivity index (χ3n) is 11.4. The van der Waals surface area contributed by atoms with Crippen LogP contribution in [-0.4, -0.2) is 179 Å². The van der Waals surface area contributed by atoms with Gasteiger partial charge in [-0.2, -0.15) is 0 Å². The first-order valence-electron chi connectivity index (χ1n) is 19.3. The molecule has 5 atom stereocenters. The number of nitrogens with zero attached hydrogens (tertiary/aromatic N) is 5. The van der Waals surface area contributed by atoms with Crippen molar-refractivity contribution in [3.8, 4) is 0 Å². The lowest BCUT2D eigenvalue weighted by atomic mass is 10.2. The lowest BCUT2D eigenvalue weighted by Crippen LogP contribution is -2.55. The minimum atomic E-state index is -0.864. The Hall–Kier alpha value is -5.30. The van der Waals surface area contributed by atoms with E-state index in [1.54, 1.807) is 0 Å². The lowest BCUT2D eigenvalue weighted by molar-refractivity contribution is -0.143. The summed E-state index contributed by atoms with van der Waals surface area (Å²) in [4.78, 5) is 139. The van der Waals surface area contributed by atoms with Gasteiger partial charge in [0.25, 0.3) is 0 Å². The maximum absolute atomic E-state index is 13.2. The minimum absolute atomic E-state index is 0.272. The molecule has 0 aromatic rings. The molecule has 0 saturated carbocycles. The van der Waals surface area contributed by atoms with Crippen LogP contribution >= 0.6 is 0 Å². The van der Waals surface area contributed by atoms with E-state index in [0.717, 1.165) is 0 Å². The fraction of sp³-hybridized carbons (Fsp3) is 0.714. The maximum Gasteiger partial charge on any atom is 0.243 e. The molecule has 6 rings (SSSR count). The summed E-state index contributed by atoms with van der Waals surface area (Å²) in [5.41, 5.74) is 0. The normalized spacial score (nSPS) is 30.2. The summed E-state index contributed by atoms with van der Waals surface area (Å²) < 4.78 is 0. The second-order valence-electron chi connectivity index (χ2n) is 14.8. The van der Waals surface area contributed by atoms with Gasteiger partial charge in [-0.1, -0.05) is 0 Å². The average Bonchev–Trinajstić information content (AvgIpc) is 4.03. The molecule has 6 fully saturated rings. The Morgan fingerprint density at radius 1 is 0.291 bits per heavy atom. The molecule has 10 amide bonds. The number of hydrogen-bond donors (Lipinski definition) is 5. The summed E-state index contributed by atoms with van der Waals surface area (Å²) in [6.45, 7) is -0.681. The predicted octanol–water partition coefficient (Wildman–Crippen LogP) is -4.46. The van der Waals surface area contributed by atoms with Gasteiger partial charge in [0.05, 0.1) is 32.7 Å². The summed E-state index contributed by atoms with van der Waals surface area (Å²) in [6, 6.07) is -4.32. The Bertz CT molecular complexity index is 1230. The van der Waals surface area contributed by atoms with Crippen LogP contribution in [0.1, 0.15) is 64.2 Å². The summed E-state index contributed by atoms with van der Waals surface area (Å²) in [7, 11) is 0. The number of nitrogens with one attached hydrogen (secondary N) is 5. The Morgan fingerprint density at radius 3 is 0.618 bits per heavy atom. The number of fused-ring (bicyclic) bond motifs is 5. The van der Waals surface area contributed by atoms with Crippen LogP contribution in [0.2, 0.25) is 0 Å². The van der Waals surface area contributed by atoms with Gasteiger partial charge in [-0.3, -0.25) is 47.9 Å². The van der Waals surface area contributed by atoms with Crippen molar-refractivity contribution < 1.29 is 47.9 Å². The molecule has 6 aliphatic heterocycles. The van der Waals surface area contributed by atoms with E-state index < -0.39 is 122 Å². The molecule has 20 nitrogen and oxygen atoms in total. The topological polar surface area (TPSA) is 247 Å². The van der Waals surface area contributed by atoms with Crippen molar-refractivity contribution in [1.82, 2.24) is 51.1 Å². The highest BCUT2D eigenvalue weighted by Crippen LogP contribution is 2.22. The molecule has 0 aromatic heterocycles. The van der Waals surface area contributed by atoms with E-state index in [2.05, 4.69) is 26.6 Å². The van der Waals surface area contributed by atoms with Crippen molar-refractivity contribution in [2.75, 3.05) is 65.4 Å². The van der Waals surface area contributed by atoms with Crippen LogP contribution in [0.15, 0.2) is 0 Å². The van der Waals surface area contributed by atoms with Crippen LogP contribution in [0.5, 0.6) is 0 Å². The first-order valence-corrected chi connectivity index (χ1v) is 19.3. The molecule has 55 heavy (non-hydrogen) atoms. The highest BCUT2D eigenvalue weighted by atomic mass is 16.2. The molecule has 0 aliphatic carbocycles. The number of hydrogen-bond acceptors (Lipinski definition) is 10. The molecule has 0 unspecified atom stereocenters. The van der Waals surface area contributed by atoms with Gasteiger partial charge >= 0.3 is 0 Å². The Kier molecular flexibility index (Phi) is 12.5. The lowest BCUT2D eigenvalue weighted by Gasteiger charge is -2.28. The molecule has 6 saturated heterocycles. The van der Waals surface area contributed by atoms with Crippen LogP contribution in [0, 0.1) is 0 Å². The van der Waals surface area contributed by atoms with E-state index >= 15 is 0 Å². The first kappa shape index (κ1) is 39.4. The zero-order chi connectivity index (χ0) is 39.2. The summed E-state index contributed by atoms with van der Waals surface area (Å²) in [5.74, 6) is -5.20. The highest BCUT2D eigenvalue weighted by Gasteiger charge is 2.41. The number of carbonyl (C=O) groups excluding carboxylic acids is 10. The molecule has 0 aromatic carbocycles. The fourth-order valence-corrected chi connectivity index (χ4v) is 8.60. The predicted molar refractivity (Wildman–Crippen MR) is 189 cm³/mol. The molecular formula is C35H50N10O10. The van der Waals surface area contributed by atoms with Crippen LogP contribution in [-0.2, 0) is 47.9 Å². The zero-order valence-corrected chi connectivity index (χ0v) is 30.8. The molecule has 0 spiro atoms. The number of rotatable bonds is 0. The molecule has 0 bridgehead atoms. The van der Waals surface area contributed by atoms with Crippen molar-refractivity contribution in [1.29, 1.82) is 0 Å². The summed E-state index contributed by atoms with van der Waals surface area (Å²) in [5, 5.41) is 13.0. The van der Waals surface area contributed by atoms with Crippen LogP contribution < -0.4 is 26.6 Å². The summed E-state index contributed by atoms with van der Waals surface area (Å²) >= 11 is 0. The molecular weight excluding hydrogens is 720 g/mol. The molecule has 6 aliphatic rings. The van der Waals surface area contributed by atoms with Crippen LogP contribution in [0.3, 0.4) is 0 Å². The van der Waals surface area contributed by atoms with Gasteiger partial charge in [0.15, 0.2) is 0 Å². The molecule has 0 radical (unpaired) electrons. The van der Waals surface area contributed by atoms with E-state index in [-0.39, 0.29) is 32.7 Å². The maximum atomic E-state index is 13.2. The third kappa shape index (κ3) is 8.83. The van der Waals surface area contributed by atoms with E-state index in [0.29, 0.717) is 64.2 Å². The average molecular weight is 771 g/mol. The first-order chi connectivity index (χ1) is 26.4. The Labute approximate surface area is 317 Å². The van der Waals surface area contributed by atoms with Crippen molar-refractivity contribution in [3.63, 3.8) is 0 Å². The van der Waals surface area contributed by atoms with Crippen molar-refractivity contribution in [3.05, 3.63) is 0 Å². The highest BCUT2D eigenvalue weighted by molar-refractivity contribution is 5.97. The van der Waals surface area contributed by atoms with E-state index in [1.165, 1.54) is 24.5 Å². The van der Waals surface area contributed by atoms with E-state index in [9.17, 15) is 47.9 Å². The second-order valence-corrected chi connectivity index (χ2v) is 14.8. The quantitative estimate of drug-likeness (QED) is 0.158. The summed E-state index contributed by atoms with van der Waals surface area (Å²) in [6.07, 6.45) is 4.43. The van der Waals surface area contributed by atoms with Crippen LogP contribution in [0.25, 0.3) is 0 Å². The Balaban J connectivity index is 1.14. The molecule has 5 N–H and O–H groups in total. The van der Waals surface area contributed by atoms with Crippen LogP contribution in [0.4, 0.5) is 0 Å². The van der Waals surface area contributed by atoms with Gasteiger partial charge in [0.2, 0.25) is 59.1 Å². The van der Waals surface area contributed by atoms with Crippen molar-refractivity contribution in [2.45, 2.75) is 94.4 Å². The number of amides is 10. The van der Waals surface area contributed by atoms with Gasteiger partial charge in [0, 0.05) is 32.7 Å². The smallest absolute Gasteiger partial charge is 0.243 e. The largest absolute Gasteiger partial charge is 0.345 e. The van der Waals surface area contributed by atoms with Gasteiger partial charge in [-0.05, 0) is 64.2 Å². The monoisotopic (exact) mass is 770 g/mol. The van der Waals surface area contributed by atoms with Gasteiger partial charge in [-0.25, -0.2) is 0 Å². The molecule has 300 valence electrons. The van der Waals surface area contributed by atoms with Crippen molar-refractivity contribution in [2.24, 2.45) is 0 Å². The standard InChI is InChI=1S/C35H50N10O10/c46-26-16-37-32(52)22-7-2-13-43(22)28(48)18-39-34(54)24-9-4-15-45(24)30(50)20-40-35(55)25-10-5-14-44(25)29(49)19-38-33(53)23-8-3-12-42(23)27(47)17-36-31(51)21-6-1-11-41(21)26/h21-25H,1-20H2,(H,36,51)(H,37,52)(H,38,53)(H,39,54)(H,40,55)/t21-,22-,23-,24-,25-/m0/s1. The van der Waals surface area contributed by atoms with E-state index in [1.807, 2.05) is 0 Å².